The summed E-state index contributed by atoms with van der Waals surface area (Å²) in [7, 11) is 1.44. The van der Waals surface area contributed by atoms with E-state index in [4.69, 9.17) is 4.74 Å². The second kappa shape index (κ2) is 5.56. The van der Waals surface area contributed by atoms with Crippen LogP contribution in [0.5, 0.6) is 17.2 Å². The maximum Gasteiger partial charge on any atom is 0.203 e. The summed E-state index contributed by atoms with van der Waals surface area (Å²) in [5.41, 5.74) is 1.49. The van der Waals surface area contributed by atoms with Crippen LogP contribution in [0.25, 0.3) is 0 Å². The summed E-state index contributed by atoms with van der Waals surface area (Å²) in [5, 5.41) is 24.4. The Bertz CT molecular complexity index is 662. The minimum Gasteiger partial charge on any atom is -0.504 e. The normalized spacial score (nSPS) is 31.6. The molecule has 23 heavy (non-hydrogen) atoms. The first-order valence-corrected chi connectivity index (χ1v) is 7.94. The van der Waals surface area contributed by atoms with Crippen LogP contribution in [0.15, 0.2) is 6.07 Å². The van der Waals surface area contributed by atoms with Gasteiger partial charge in [0, 0.05) is 29.9 Å². The first kappa shape index (κ1) is 16.4. The van der Waals surface area contributed by atoms with Gasteiger partial charge in [0.15, 0.2) is 11.5 Å². The van der Waals surface area contributed by atoms with Gasteiger partial charge in [0.2, 0.25) is 5.75 Å². The predicted molar refractivity (Wildman–Crippen MR) is 87.7 cm³/mol. The van der Waals surface area contributed by atoms with Gasteiger partial charge < -0.3 is 20.3 Å². The van der Waals surface area contributed by atoms with Crippen molar-refractivity contribution >= 4 is 18.2 Å². The number of Topliss-reactive ketones (excluding diaryl/α,β-unsaturated/α-hetero) is 1. The fraction of sp³-hybridized carbons (Fsp3) is 0.588. The summed E-state index contributed by atoms with van der Waals surface area (Å²) in [6.07, 6.45) is 3.62. The summed E-state index contributed by atoms with van der Waals surface area (Å²) < 4.78 is 5.18. The van der Waals surface area contributed by atoms with Crippen molar-refractivity contribution in [3.05, 3.63) is 17.2 Å². The number of hydrogen-bond donors (Lipinski definition) is 3. The average molecular weight is 340 g/mol. The number of phenolic OH excluding ortho intramolecular Hbond substituents is 2. The maximum absolute atomic E-state index is 12.2. The number of carbonyl (C=O) groups is 1. The lowest BCUT2D eigenvalue weighted by molar-refractivity contribution is -0.125. The fourth-order valence-corrected chi connectivity index (χ4v) is 5.10. The average Bonchev–Trinajstić information content (AvgIpc) is 2.45. The highest BCUT2D eigenvalue weighted by Gasteiger charge is 2.55. The Morgan fingerprint density at radius 3 is 2.91 bits per heavy atom. The van der Waals surface area contributed by atoms with E-state index in [2.05, 4.69) is 5.32 Å². The lowest BCUT2D eigenvalue weighted by Crippen LogP contribution is -2.60. The number of phenols is 2. The molecular weight excluding hydrogens is 318 g/mol. The van der Waals surface area contributed by atoms with Gasteiger partial charge in [-0.2, -0.15) is 0 Å². The van der Waals surface area contributed by atoms with Gasteiger partial charge >= 0.3 is 0 Å². The van der Waals surface area contributed by atoms with Gasteiger partial charge in [0.05, 0.1) is 7.11 Å². The fourth-order valence-electron chi connectivity index (χ4n) is 5.10. The molecule has 3 aliphatic rings. The third-order valence-corrected chi connectivity index (χ3v) is 5.88. The number of halogens is 1. The molecule has 6 heteroatoms. The molecule has 126 valence electrons. The molecule has 0 spiro atoms. The van der Waals surface area contributed by atoms with E-state index in [9.17, 15) is 15.0 Å². The van der Waals surface area contributed by atoms with Crippen LogP contribution in [0.1, 0.15) is 36.8 Å². The van der Waals surface area contributed by atoms with Crippen molar-refractivity contribution in [1.29, 1.82) is 0 Å². The van der Waals surface area contributed by atoms with Gasteiger partial charge in [-0.3, -0.25) is 4.79 Å². The smallest absolute Gasteiger partial charge is 0.203 e. The number of fused-ring (bicyclic) bond motifs is 1. The van der Waals surface area contributed by atoms with Crippen LogP contribution in [0.4, 0.5) is 0 Å². The lowest BCUT2D eigenvalue weighted by atomic mass is 9.52. The van der Waals surface area contributed by atoms with Crippen LogP contribution in [0.2, 0.25) is 0 Å². The van der Waals surface area contributed by atoms with Crippen LogP contribution in [-0.4, -0.2) is 35.7 Å². The Balaban J connectivity index is 0.00000156. The quantitative estimate of drug-likeness (QED) is 0.730. The molecule has 2 fully saturated rings. The number of piperidine rings is 1. The zero-order valence-electron chi connectivity index (χ0n) is 13.1. The molecule has 5 nitrogen and oxygen atoms in total. The molecular formula is C17H22ClNO4. The number of ether oxygens (including phenoxy) is 1. The Labute approximate surface area is 141 Å². The van der Waals surface area contributed by atoms with Crippen LogP contribution in [0, 0.1) is 5.92 Å². The van der Waals surface area contributed by atoms with E-state index < -0.39 is 0 Å². The number of hydrogen-bond acceptors (Lipinski definition) is 5. The lowest BCUT2D eigenvalue weighted by Gasteiger charge is -2.55. The van der Waals surface area contributed by atoms with Crippen molar-refractivity contribution in [1.82, 2.24) is 5.32 Å². The number of nitrogens with one attached hydrogen (secondary N) is 1. The second-order valence-electron chi connectivity index (χ2n) is 6.84. The van der Waals surface area contributed by atoms with Crippen molar-refractivity contribution in [3.8, 4) is 17.2 Å². The molecule has 0 amide bonds. The Hall–Kier alpha value is -1.46. The minimum absolute atomic E-state index is 0. The first-order chi connectivity index (χ1) is 10.6. The number of aromatic hydroxyl groups is 2. The number of rotatable bonds is 1. The van der Waals surface area contributed by atoms with Crippen molar-refractivity contribution in [3.63, 3.8) is 0 Å². The molecule has 0 radical (unpaired) electrons. The van der Waals surface area contributed by atoms with Crippen LogP contribution in [-0.2, 0) is 16.6 Å². The third kappa shape index (κ3) is 2.13. The highest BCUT2D eigenvalue weighted by Crippen LogP contribution is 2.58. The number of methoxy groups -OCH3 is 1. The molecule has 3 N–H and O–H groups in total. The molecule has 4 rings (SSSR count). The van der Waals surface area contributed by atoms with E-state index in [1.165, 1.54) is 7.11 Å². The van der Waals surface area contributed by atoms with E-state index in [1.807, 2.05) is 0 Å². The zero-order valence-corrected chi connectivity index (χ0v) is 13.9. The minimum atomic E-state index is -0.302. The summed E-state index contributed by atoms with van der Waals surface area (Å²) in [4.78, 5) is 12.2. The first-order valence-electron chi connectivity index (χ1n) is 7.94. The monoisotopic (exact) mass is 339 g/mol. The Morgan fingerprint density at radius 2 is 2.17 bits per heavy atom. The molecule has 1 aromatic rings. The van der Waals surface area contributed by atoms with E-state index in [0.29, 0.717) is 24.8 Å². The molecule has 1 heterocycles. The van der Waals surface area contributed by atoms with E-state index >= 15 is 0 Å². The summed E-state index contributed by atoms with van der Waals surface area (Å²) >= 11 is 0. The van der Waals surface area contributed by atoms with Gasteiger partial charge in [-0.15, -0.1) is 12.4 Å². The molecule has 1 aliphatic heterocycles. The predicted octanol–water partition coefficient (Wildman–Crippen LogP) is 2.05. The second-order valence-corrected chi connectivity index (χ2v) is 6.84. The molecule has 2 aliphatic carbocycles. The molecule has 3 unspecified atom stereocenters. The van der Waals surface area contributed by atoms with E-state index in [1.54, 1.807) is 6.07 Å². The molecule has 3 atom stereocenters. The van der Waals surface area contributed by atoms with Crippen molar-refractivity contribution in [2.24, 2.45) is 5.92 Å². The molecule has 0 aromatic heterocycles. The van der Waals surface area contributed by atoms with Crippen molar-refractivity contribution in [2.75, 3.05) is 13.7 Å². The highest BCUT2D eigenvalue weighted by molar-refractivity contribution is 5.85. The third-order valence-electron chi connectivity index (χ3n) is 5.88. The number of carbonyl (C=O) groups excluding carboxylic acids is 1. The summed E-state index contributed by atoms with van der Waals surface area (Å²) in [5.74, 6) is 0.760. The molecule has 1 aromatic carbocycles. The topological polar surface area (TPSA) is 78.8 Å². The van der Waals surface area contributed by atoms with Gasteiger partial charge in [-0.05, 0) is 43.4 Å². The van der Waals surface area contributed by atoms with Crippen molar-refractivity contribution in [2.45, 2.75) is 43.6 Å². The van der Waals surface area contributed by atoms with Gasteiger partial charge in [-0.25, -0.2) is 0 Å². The SMILES string of the molecule is COc1c(O)cc2c(c1O)C13CCNC(C2)C1CCC(=O)C3.Cl. The maximum atomic E-state index is 12.2. The largest absolute Gasteiger partial charge is 0.504 e. The summed E-state index contributed by atoms with van der Waals surface area (Å²) in [6, 6.07) is 2.02. The van der Waals surface area contributed by atoms with Crippen LogP contribution in [0.3, 0.4) is 0 Å². The van der Waals surface area contributed by atoms with E-state index in [0.717, 1.165) is 36.9 Å². The zero-order chi connectivity index (χ0) is 15.5. The van der Waals surface area contributed by atoms with E-state index in [-0.39, 0.29) is 40.9 Å². The number of ketones is 1. The van der Waals surface area contributed by atoms with Crippen LogP contribution < -0.4 is 10.1 Å². The Morgan fingerprint density at radius 1 is 1.39 bits per heavy atom. The van der Waals surface area contributed by atoms with Gasteiger partial charge in [0.1, 0.15) is 5.78 Å². The molecule has 1 saturated heterocycles. The number of benzene rings is 1. The van der Waals surface area contributed by atoms with Crippen LogP contribution >= 0.6 is 12.4 Å². The Kier molecular flexibility index (Phi) is 3.97. The van der Waals surface area contributed by atoms with Gasteiger partial charge in [0.25, 0.3) is 0 Å². The highest BCUT2D eigenvalue weighted by atomic mass is 35.5. The standard InChI is InChI=1S/C17H21NO4.ClH/c1-22-16-13(20)7-9-6-12-11-3-2-10(19)8-17(11,4-5-18-12)14(9)15(16)21;/h7,11-12,18,20-21H,2-6,8H2,1H3;1H. The molecule has 2 bridgehead atoms. The summed E-state index contributed by atoms with van der Waals surface area (Å²) in [6.45, 7) is 0.858. The van der Waals surface area contributed by atoms with Gasteiger partial charge in [-0.1, -0.05) is 0 Å². The molecule has 1 saturated carbocycles. The van der Waals surface area contributed by atoms with Crippen molar-refractivity contribution < 1.29 is 19.7 Å².